The molecule has 4 heterocycles. The molecule has 24 heavy (non-hydrogen) atoms. The molecule has 1 atom stereocenters. The van der Waals surface area contributed by atoms with Gasteiger partial charge < -0.3 is 15.2 Å². The van der Waals surface area contributed by atoms with Gasteiger partial charge in [0.05, 0.1) is 11.7 Å². The molecule has 0 bridgehead atoms. The summed E-state index contributed by atoms with van der Waals surface area (Å²) in [4.78, 5) is 30.7. The summed E-state index contributed by atoms with van der Waals surface area (Å²) in [6.45, 7) is 6.01. The number of pyridine rings is 1. The third-order valence-corrected chi connectivity index (χ3v) is 4.60. The van der Waals surface area contributed by atoms with E-state index in [1.165, 1.54) is 0 Å². The summed E-state index contributed by atoms with van der Waals surface area (Å²) in [6.07, 6.45) is 4.49. The second-order valence-electron chi connectivity index (χ2n) is 6.20. The first kappa shape index (κ1) is 14.9. The number of aromatic amines is 1. The van der Waals surface area contributed by atoms with Crippen LogP contribution in [-0.4, -0.2) is 50.5 Å². The summed E-state index contributed by atoms with van der Waals surface area (Å²) in [5.74, 6) is 1.12. The van der Waals surface area contributed by atoms with Crippen LogP contribution in [0, 0.1) is 6.92 Å². The lowest BCUT2D eigenvalue weighted by Crippen LogP contribution is -2.38. The Bertz CT molecular complexity index is 918. The van der Waals surface area contributed by atoms with Crippen LogP contribution in [0.1, 0.15) is 30.8 Å². The first-order valence-electron chi connectivity index (χ1n) is 8.30. The summed E-state index contributed by atoms with van der Waals surface area (Å²) >= 11 is 0. The van der Waals surface area contributed by atoms with Crippen LogP contribution in [0.15, 0.2) is 18.5 Å². The molecule has 0 spiro atoms. The van der Waals surface area contributed by atoms with Crippen molar-refractivity contribution in [3.05, 3.63) is 30.0 Å². The van der Waals surface area contributed by atoms with Crippen LogP contribution in [-0.2, 0) is 0 Å². The van der Waals surface area contributed by atoms with Gasteiger partial charge in [0.15, 0.2) is 5.65 Å². The van der Waals surface area contributed by atoms with E-state index < -0.39 is 0 Å². The maximum absolute atomic E-state index is 12.1. The van der Waals surface area contributed by atoms with Crippen molar-refractivity contribution in [2.75, 3.05) is 19.6 Å². The van der Waals surface area contributed by atoms with Crippen molar-refractivity contribution >= 4 is 28.0 Å². The maximum atomic E-state index is 12.1. The van der Waals surface area contributed by atoms with E-state index in [1.54, 1.807) is 12.4 Å². The number of hydrogen-bond donors (Lipinski definition) is 2. The van der Waals surface area contributed by atoms with Gasteiger partial charge in [-0.25, -0.2) is 19.7 Å². The minimum Gasteiger partial charge on any atom is -0.346 e. The number of carbonyl (C=O) groups is 1. The fourth-order valence-corrected chi connectivity index (χ4v) is 3.53. The second kappa shape index (κ2) is 5.74. The van der Waals surface area contributed by atoms with Crippen LogP contribution in [0.4, 0.5) is 4.79 Å². The molecule has 0 aliphatic carbocycles. The molecule has 2 amide bonds. The minimum absolute atomic E-state index is 0.0110. The Kier molecular flexibility index (Phi) is 3.55. The predicted molar refractivity (Wildman–Crippen MR) is 91.9 cm³/mol. The number of aryl methyl sites for hydroxylation is 1. The van der Waals surface area contributed by atoms with Gasteiger partial charge in [-0.3, -0.25) is 0 Å². The van der Waals surface area contributed by atoms with Gasteiger partial charge in [0.1, 0.15) is 5.82 Å². The van der Waals surface area contributed by atoms with E-state index in [-0.39, 0.29) is 11.9 Å². The lowest BCUT2D eigenvalue weighted by Gasteiger charge is -2.18. The van der Waals surface area contributed by atoms with E-state index in [9.17, 15) is 4.79 Å². The number of hydrogen-bond acceptors (Lipinski definition) is 4. The van der Waals surface area contributed by atoms with Crippen molar-refractivity contribution in [1.82, 2.24) is 30.2 Å². The highest BCUT2D eigenvalue weighted by Crippen LogP contribution is 2.33. The topological polar surface area (TPSA) is 86.8 Å². The summed E-state index contributed by atoms with van der Waals surface area (Å²) in [5.41, 5.74) is 2.74. The molecule has 4 rings (SSSR count). The Balaban J connectivity index is 1.79. The van der Waals surface area contributed by atoms with Crippen molar-refractivity contribution in [1.29, 1.82) is 0 Å². The van der Waals surface area contributed by atoms with Crippen molar-refractivity contribution in [2.45, 2.75) is 26.2 Å². The molecule has 124 valence electrons. The SMILES string of the molecule is CCNC(=O)N1CCC(c2[nH]c(C)nc3cnc4nccc4c23)C1. The van der Waals surface area contributed by atoms with E-state index in [1.807, 2.05) is 24.8 Å². The molecule has 1 unspecified atom stereocenters. The molecule has 1 aliphatic heterocycles. The highest BCUT2D eigenvalue weighted by molar-refractivity contribution is 6.04. The van der Waals surface area contributed by atoms with Crippen molar-refractivity contribution in [3.8, 4) is 0 Å². The smallest absolute Gasteiger partial charge is 0.317 e. The molecular weight excluding hydrogens is 304 g/mol. The Labute approximate surface area is 139 Å². The highest BCUT2D eigenvalue weighted by atomic mass is 16.2. The fraction of sp³-hybridized carbons (Fsp3) is 0.412. The van der Waals surface area contributed by atoms with E-state index in [4.69, 9.17) is 0 Å². The van der Waals surface area contributed by atoms with Gasteiger partial charge in [0.25, 0.3) is 0 Å². The molecule has 3 aromatic rings. The normalized spacial score (nSPS) is 17.8. The summed E-state index contributed by atoms with van der Waals surface area (Å²) < 4.78 is 0. The second-order valence-corrected chi connectivity index (χ2v) is 6.20. The van der Waals surface area contributed by atoms with Crippen LogP contribution < -0.4 is 5.32 Å². The molecule has 2 N–H and O–H groups in total. The van der Waals surface area contributed by atoms with Crippen LogP contribution >= 0.6 is 0 Å². The molecule has 3 aromatic heterocycles. The molecule has 0 saturated carbocycles. The van der Waals surface area contributed by atoms with Crippen LogP contribution in [0.2, 0.25) is 0 Å². The predicted octanol–water partition coefficient (Wildman–Crippen LogP) is 2.33. The van der Waals surface area contributed by atoms with Crippen molar-refractivity contribution in [2.24, 2.45) is 0 Å². The molecule has 7 heteroatoms. The zero-order valence-electron chi connectivity index (χ0n) is 13.8. The van der Waals surface area contributed by atoms with Gasteiger partial charge in [-0.2, -0.15) is 0 Å². The zero-order chi connectivity index (χ0) is 16.7. The van der Waals surface area contributed by atoms with Gasteiger partial charge >= 0.3 is 6.03 Å². The van der Waals surface area contributed by atoms with Gasteiger partial charge in [0, 0.05) is 48.2 Å². The number of aromatic nitrogens is 4. The van der Waals surface area contributed by atoms with Gasteiger partial charge in [0.2, 0.25) is 0 Å². The van der Waals surface area contributed by atoms with E-state index in [2.05, 4.69) is 25.3 Å². The van der Waals surface area contributed by atoms with Gasteiger partial charge in [-0.1, -0.05) is 0 Å². The van der Waals surface area contributed by atoms with Crippen LogP contribution in [0.5, 0.6) is 0 Å². The van der Waals surface area contributed by atoms with E-state index >= 15 is 0 Å². The van der Waals surface area contributed by atoms with E-state index in [0.717, 1.165) is 46.4 Å². The Morgan fingerprint density at radius 3 is 3.17 bits per heavy atom. The molecule has 0 aromatic carbocycles. The first-order valence-corrected chi connectivity index (χ1v) is 8.30. The van der Waals surface area contributed by atoms with Crippen LogP contribution in [0.3, 0.4) is 0 Å². The standard InChI is InChI=1S/C17H20N6O/c1-3-18-17(24)23-7-5-11(9-23)15-14-12-4-6-19-16(12)20-8-13(14)21-10(2)22-15/h4,6,8,11H,3,5,7,9H2,1-2H3,(H,18,24)(H,21,22). The third-order valence-electron chi connectivity index (χ3n) is 4.60. The first-order chi connectivity index (χ1) is 11.7. The maximum Gasteiger partial charge on any atom is 0.317 e. The summed E-state index contributed by atoms with van der Waals surface area (Å²) in [5, 5.41) is 4.97. The molecular formula is C17H20N6O. The Morgan fingerprint density at radius 1 is 1.46 bits per heavy atom. The van der Waals surface area contributed by atoms with Gasteiger partial charge in [-0.05, 0) is 26.3 Å². The Hall–Kier alpha value is -2.70. The quantitative estimate of drug-likeness (QED) is 0.757. The number of urea groups is 1. The minimum atomic E-state index is 0.0110. The average molecular weight is 324 g/mol. The summed E-state index contributed by atoms with van der Waals surface area (Å²) in [7, 11) is 0. The molecule has 0 radical (unpaired) electrons. The monoisotopic (exact) mass is 324 g/mol. The molecule has 1 fully saturated rings. The molecule has 1 saturated heterocycles. The lowest BCUT2D eigenvalue weighted by molar-refractivity contribution is 0.209. The third kappa shape index (κ3) is 2.36. The highest BCUT2D eigenvalue weighted by Gasteiger charge is 2.29. The fourth-order valence-electron chi connectivity index (χ4n) is 3.53. The average Bonchev–Trinajstić information content (AvgIpc) is 3.23. The Morgan fingerprint density at radius 2 is 2.33 bits per heavy atom. The number of carbonyl (C=O) groups excluding carboxylic acids is 1. The zero-order valence-corrected chi connectivity index (χ0v) is 13.8. The number of likely N-dealkylation sites (tertiary alicyclic amines) is 1. The van der Waals surface area contributed by atoms with E-state index in [0.29, 0.717) is 13.1 Å². The summed E-state index contributed by atoms with van der Waals surface area (Å²) in [6, 6.07) is 1.99. The van der Waals surface area contributed by atoms with Crippen molar-refractivity contribution in [3.63, 3.8) is 0 Å². The lowest BCUT2D eigenvalue weighted by atomic mass is 9.99. The molecule has 7 nitrogen and oxygen atoms in total. The number of H-pyrrole nitrogens is 1. The van der Waals surface area contributed by atoms with Crippen LogP contribution in [0.25, 0.3) is 21.9 Å². The number of nitrogens with zero attached hydrogens (tertiary/aromatic N) is 4. The number of amides is 2. The molecule has 1 aliphatic rings. The van der Waals surface area contributed by atoms with Crippen molar-refractivity contribution < 1.29 is 4.79 Å². The number of fused-ring (bicyclic) bond motifs is 3. The van der Waals surface area contributed by atoms with Gasteiger partial charge in [-0.15, -0.1) is 0 Å². The largest absolute Gasteiger partial charge is 0.346 e. The number of rotatable bonds is 2. The number of nitrogens with one attached hydrogen (secondary N) is 2.